The number of hydrogen-bond donors (Lipinski definition) is 1. The van der Waals surface area contributed by atoms with Gasteiger partial charge in [0.25, 0.3) is 0 Å². The minimum atomic E-state index is -0.558. The van der Waals surface area contributed by atoms with Crippen LogP contribution < -0.4 is 10.2 Å². The second-order valence-electron chi connectivity index (χ2n) is 7.67. The number of hydrogen-bond acceptors (Lipinski definition) is 6. The van der Waals surface area contributed by atoms with Gasteiger partial charge in [-0.05, 0) is 60.2 Å². The van der Waals surface area contributed by atoms with Gasteiger partial charge in [0.1, 0.15) is 0 Å². The highest BCUT2D eigenvalue weighted by Crippen LogP contribution is 2.34. The first-order valence-electron chi connectivity index (χ1n) is 10.8. The number of nitrogens with zero attached hydrogens (tertiary/aromatic N) is 1. The van der Waals surface area contributed by atoms with Gasteiger partial charge in [0.15, 0.2) is 0 Å². The van der Waals surface area contributed by atoms with Crippen LogP contribution in [0, 0.1) is 0 Å². The molecule has 3 amide bonds. The van der Waals surface area contributed by atoms with Crippen LogP contribution in [0.15, 0.2) is 89.8 Å². The van der Waals surface area contributed by atoms with Gasteiger partial charge in [0.05, 0.1) is 23.6 Å². The minimum absolute atomic E-state index is 0.0744. The molecule has 1 saturated heterocycles. The second kappa shape index (κ2) is 10.8. The van der Waals surface area contributed by atoms with Gasteiger partial charge in [-0.25, -0.2) is 9.69 Å². The van der Waals surface area contributed by atoms with E-state index in [0.717, 1.165) is 15.4 Å². The maximum Gasteiger partial charge on any atom is 0.337 e. The zero-order valence-corrected chi connectivity index (χ0v) is 19.7. The summed E-state index contributed by atoms with van der Waals surface area (Å²) in [6.45, 7) is 0. The van der Waals surface area contributed by atoms with Crippen molar-refractivity contribution in [1.82, 2.24) is 0 Å². The summed E-state index contributed by atoms with van der Waals surface area (Å²) in [7, 11) is 1.29. The normalized spacial score (nSPS) is 15.5. The number of amides is 3. The number of imide groups is 1. The first-order chi connectivity index (χ1) is 16.9. The van der Waals surface area contributed by atoms with Gasteiger partial charge in [-0.15, -0.1) is 11.8 Å². The van der Waals surface area contributed by atoms with Gasteiger partial charge < -0.3 is 10.1 Å². The third kappa shape index (κ3) is 5.85. The van der Waals surface area contributed by atoms with E-state index in [-0.39, 0.29) is 24.1 Å². The average Bonchev–Trinajstić information content (AvgIpc) is 3.16. The molecule has 1 N–H and O–H groups in total. The Bertz CT molecular complexity index is 1270. The zero-order valence-electron chi connectivity index (χ0n) is 18.8. The highest BCUT2D eigenvalue weighted by atomic mass is 32.2. The Hall–Kier alpha value is -4.17. The van der Waals surface area contributed by atoms with E-state index in [9.17, 15) is 19.2 Å². The number of thioether (sulfide) groups is 1. The molecule has 8 heteroatoms. The molecule has 1 atom stereocenters. The van der Waals surface area contributed by atoms with Crippen LogP contribution in [0.25, 0.3) is 6.08 Å². The minimum Gasteiger partial charge on any atom is -0.465 e. The number of carbonyl (C=O) groups is 4. The molecule has 176 valence electrons. The van der Waals surface area contributed by atoms with E-state index in [4.69, 9.17) is 0 Å². The molecular formula is C27H22N2O5S. The quantitative estimate of drug-likeness (QED) is 0.299. The van der Waals surface area contributed by atoms with Gasteiger partial charge in [0, 0.05) is 23.1 Å². The molecular weight excluding hydrogens is 464 g/mol. The summed E-state index contributed by atoms with van der Waals surface area (Å²) in [4.78, 5) is 51.2. The molecule has 4 rings (SSSR count). The predicted molar refractivity (Wildman–Crippen MR) is 135 cm³/mol. The SMILES string of the molecule is COC(=O)c1ccc(N2C(=O)CC(Sc3ccc(NC(=O)/C=C/c4ccccc4)cc3)C2=O)cc1. The van der Waals surface area contributed by atoms with Crippen LogP contribution in [-0.4, -0.2) is 36.1 Å². The lowest BCUT2D eigenvalue weighted by Crippen LogP contribution is -2.31. The molecule has 0 aromatic heterocycles. The zero-order chi connectivity index (χ0) is 24.8. The van der Waals surface area contributed by atoms with Crippen LogP contribution in [0.1, 0.15) is 22.3 Å². The fraction of sp³-hybridized carbons (Fsp3) is 0.111. The van der Waals surface area contributed by atoms with E-state index in [2.05, 4.69) is 10.1 Å². The van der Waals surface area contributed by atoms with Crippen molar-refractivity contribution in [3.8, 4) is 0 Å². The standard InChI is InChI=1S/C27H22N2O5S/c1-34-27(33)19-8-12-21(13-9-19)29-25(31)17-23(26(29)32)35-22-14-10-20(11-15-22)28-24(30)16-7-18-5-3-2-4-6-18/h2-16,23H,17H2,1H3,(H,28,30)/b16-7+. The molecule has 0 bridgehead atoms. The van der Waals surface area contributed by atoms with Crippen LogP contribution in [0.3, 0.4) is 0 Å². The lowest BCUT2D eigenvalue weighted by molar-refractivity contribution is -0.121. The number of esters is 1. The topological polar surface area (TPSA) is 92.8 Å². The highest BCUT2D eigenvalue weighted by molar-refractivity contribution is 8.00. The van der Waals surface area contributed by atoms with Crippen molar-refractivity contribution in [2.75, 3.05) is 17.3 Å². The number of ether oxygens (including phenoxy) is 1. The Labute approximate surface area is 206 Å². The summed E-state index contributed by atoms with van der Waals surface area (Å²) in [6.07, 6.45) is 3.27. The molecule has 1 aliphatic rings. The van der Waals surface area contributed by atoms with Crippen molar-refractivity contribution in [1.29, 1.82) is 0 Å². The largest absolute Gasteiger partial charge is 0.465 e. The molecule has 35 heavy (non-hydrogen) atoms. The van der Waals surface area contributed by atoms with Crippen LogP contribution in [0.2, 0.25) is 0 Å². The smallest absolute Gasteiger partial charge is 0.337 e. The monoisotopic (exact) mass is 486 g/mol. The van der Waals surface area contributed by atoms with Gasteiger partial charge in [-0.1, -0.05) is 30.3 Å². The Balaban J connectivity index is 1.36. The van der Waals surface area contributed by atoms with E-state index < -0.39 is 11.2 Å². The van der Waals surface area contributed by atoms with Crippen LogP contribution >= 0.6 is 11.8 Å². The number of benzene rings is 3. The van der Waals surface area contributed by atoms with Crippen molar-refractivity contribution in [3.05, 3.63) is 96.1 Å². The summed E-state index contributed by atoms with van der Waals surface area (Å²) >= 11 is 1.30. The summed E-state index contributed by atoms with van der Waals surface area (Å²) in [5, 5.41) is 2.24. The van der Waals surface area contributed by atoms with E-state index in [1.807, 2.05) is 30.3 Å². The fourth-order valence-corrected chi connectivity index (χ4v) is 4.59. The van der Waals surface area contributed by atoms with E-state index >= 15 is 0 Å². The van der Waals surface area contributed by atoms with Crippen LogP contribution in [0.4, 0.5) is 11.4 Å². The number of anilines is 2. The van der Waals surface area contributed by atoms with Crippen LogP contribution in [0.5, 0.6) is 0 Å². The number of methoxy groups -OCH3 is 1. The van der Waals surface area contributed by atoms with E-state index in [1.54, 1.807) is 42.5 Å². The van der Waals surface area contributed by atoms with Gasteiger partial charge in [-0.3, -0.25) is 14.4 Å². The summed E-state index contributed by atoms with van der Waals surface area (Å²) in [5.74, 6) is -1.35. The molecule has 0 radical (unpaired) electrons. The molecule has 3 aromatic carbocycles. The summed E-state index contributed by atoms with van der Waals surface area (Å²) in [5.41, 5.74) is 2.30. The number of nitrogens with one attached hydrogen (secondary N) is 1. The molecule has 0 spiro atoms. The fourth-order valence-electron chi connectivity index (χ4n) is 3.53. The van der Waals surface area contributed by atoms with Gasteiger partial charge in [0.2, 0.25) is 17.7 Å². The maximum absolute atomic E-state index is 12.9. The molecule has 7 nitrogen and oxygen atoms in total. The van der Waals surface area contributed by atoms with Crippen molar-refractivity contribution in [2.24, 2.45) is 0 Å². The lowest BCUT2D eigenvalue weighted by Gasteiger charge is -2.15. The van der Waals surface area contributed by atoms with Crippen LogP contribution in [-0.2, 0) is 19.1 Å². The molecule has 1 heterocycles. The Morgan fingerprint density at radius 1 is 0.971 bits per heavy atom. The Kier molecular flexibility index (Phi) is 7.42. The van der Waals surface area contributed by atoms with Gasteiger partial charge >= 0.3 is 5.97 Å². The molecule has 0 aliphatic carbocycles. The maximum atomic E-state index is 12.9. The average molecular weight is 487 g/mol. The highest BCUT2D eigenvalue weighted by Gasteiger charge is 2.40. The molecule has 3 aromatic rings. The molecule has 0 saturated carbocycles. The summed E-state index contributed by atoms with van der Waals surface area (Å²) < 4.78 is 4.67. The lowest BCUT2D eigenvalue weighted by atomic mass is 10.2. The molecule has 1 fully saturated rings. The second-order valence-corrected chi connectivity index (χ2v) is 8.95. The van der Waals surface area contributed by atoms with Crippen molar-refractivity contribution < 1.29 is 23.9 Å². The predicted octanol–water partition coefficient (Wildman–Crippen LogP) is 4.55. The Morgan fingerprint density at radius 3 is 2.31 bits per heavy atom. The molecule has 1 unspecified atom stereocenters. The van der Waals surface area contributed by atoms with E-state index in [1.165, 1.54) is 37.1 Å². The third-order valence-electron chi connectivity index (χ3n) is 5.28. The first kappa shape index (κ1) is 24.0. The summed E-state index contributed by atoms with van der Waals surface area (Å²) in [6, 6.07) is 22.8. The first-order valence-corrected chi connectivity index (χ1v) is 11.7. The number of rotatable bonds is 7. The van der Waals surface area contributed by atoms with Gasteiger partial charge in [-0.2, -0.15) is 0 Å². The van der Waals surface area contributed by atoms with Crippen molar-refractivity contribution in [2.45, 2.75) is 16.6 Å². The Morgan fingerprint density at radius 2 is 1.66 bits per heavy atom. The van der Waals surface area contributed by atoms with E-state index in [0.29, 0.717) is 16.9 Å². The third-order valence-corrected chi connectivity index (χ3v) is 6.48. The van der Waals surface area contributed by atoms with Crippen molar-refractivity contribution in [3.63, 3.8) is 0 Å². The molecule has 1 aliphatic heterocycles. The number of carbonyl (C=O) groups excluding carboxylic acids is 4. The van der Waals surface area contributed by atoms with Crippen molar-refractivity contribution >= 4 is 52.9 Å².